The molecule has 3 N–H and O–H groups in total. The molecule has 0 fully saturated rings. The van der Waals surface area contributed by atoms with Gasteiger partial charge in [-0.1, -0.05) is 27.5 Å². The highest BCUT2D eigenvalue weighted by atomic mass is 79.9. The zero-order chi connectivity index (χ0) is 14.9. The zero-order valence-corrected chi connectivity index (χ0v) is 13.9. The van der Waals surface area contributed by atoms with Crippen molar-refractivity contribution in [3.05, 3.63) is 67.1 Å². The van der Waals surface area contributed by atoms with Crippen LogP contribution >= 0.6 is 43.5 Å². The second kappa shape index (κ2) is 6.49. The van der Waals surface area contributed by atoms with Crippen molar-refractivity contribution in [3.8, 4) is 0 Å². The molecule has 0 amide bonds. The van der Waals surface area contributed by atoms with E-state index in [9.17, 15) is 8.78 Å². The summed E-state index contributed by atoms with van der Waals surface area (Å²) in [5, 5.41) is 0.436. The topological polar surface area (TPSA) is 38.0 Å². The van der Waals surface area contributed by atoms with E-state index < -0.39 is 17.7 Å². The minimum absolute atomic E-state index is 0.162. The summed E-state index contributed by atoms with van der Waals surface area (Å²) in [6.45, 7) is 0. The summed E-state index contributed by atoms with van der Waals surface area (Å²) in [5.74, 6) is 4.07. The lowest BCUT2D eigenvalue weighted by molar-refractivity contribution is 0.507. The van der Waals surface area contributed by atoms with Gasteiger partial charge in [0.25, 0.3) is 0 Å². The summed E-state index contributed by atoms with van der Waals surface area (Å²) in [6, 6.07) is 6.57. The number of nitrogens with one attached hydrogen (secondary N) is 1. The Morgan fingerprint density at radius 2 is 1.85 bits per heavy atom. The molecule has 0 saturated carbocycles. The lowest BCUT2D eigenvalue weighted by atomic mass is 9.98. The highest BCUT2D eigenvalue weighted by Gasteiger charge is 2.23. The van der Waals surface area contributed by atoms with Gasteiger partial charge in [0.2, 0.25) is 0 Å². The van der Waals surface area contributed by atoms with E-state index in [0.29, 0.717) is 15.1 Å². The smallest absolute Gasteiger partial charge is 0.145 e. The Kier molecular flexibility index (Phi) is 5.14. The van der Waals surface area contributed by atoms with Crippen LogP contribution in [0.25, 0.3) is 0 Å². The fourth-order valence-corrected chi connectivity index (χ4v) is 3.13. The maximum absolute atomic E-state index is 14.2. The molecule has 0 aromatic heterocycles. The van der Waals surface area contributed by atoms with Gasteiger partial charge in [0.1, 0.15) is 11.6 Å². The van der Waals surface area contributed by atoms with Gasteiger partial charge in [0, 0.05) is 15.1 Å². The number of nitrogens with two attached hydrogens (primary N) is 1. The van der Waals surface area contributed by atoms with Gasteiger partial charge in [-0.2, -0.15) is 0 Å². The van der Waals surface area contributed by atoms with Gasteiger partial charge in [-0.3, -0.25) is 5.84 Å². The van der Waals surface area contributed by atoms with Crippen LogP contribution in [-0.2, 0) is 0 Å². The molecular formula is C13H9Br2ClF2N2. The summed E-state index contributed by atoms with van der Waals surface area (Å²) in [4.78, 5) is 0. The van der Waals surface area contributed by atoms with Crippen molar-refractivity contribution in [2.24, 2.45) is 5.84 Å². The van der Waals surface area contributed by atoms with E-state index in [1.165, 1.54) is 12.1 Å². The van der Waals surface area contributed by atoms with E-state index in [0.717, 1.165) is 0 Å². The molecule has 0 aliphatic carbocycles. The Morgan fingerprint density at radius 1 is 1.15 bits per heavy atom. The van der Waals surface area contributed by atoms with Crippen LogP contribution in [0.5, 0.6) is 0 Å². The molecule has 2 rings (SSSR count). The van der Waals surface area contributed by atoms with Gasteiger partial charge in [-0.05, 0) is 51.8 Å². The molecule has 0 saturated heterocycles. The molecule has 7 heteroatoms. The van der Waals surface area contributed by atoms with Crippen LogP contribution in [-0.4, -0.2) is 0 Å². The van der Waals surface area contributed by atoms with Crippen molar-refractivity contribution in [1.29, 1.82) is 0 Å². The molecule has 0 bridgehead atoms. The number of benzene rings is 2. The summed E-state index contributed by atoms with van der Waals surface area (Å²) >= 11 is 12.3. The summed E-state index contributed by atoms with van der Waals surface area (Å²) in [6.07, 6.45) is 0. The second-order valence-corrected chi connectivity index (χ2v) is 6.27. The third-order valence-electron chi connectivity index (χ3n) is 2.75. The Hall–Kier alpha value is -0.530. The lowest BCUT2D eigenvalue weighted by Gasteiger charge is -2.19. The predicted octanol–water partition coefficient (Wildman–Crippen LogP) is 4.70. The van der Waals surface area contributed by atoms with Gasteiger partial charge in [0.15, 0.2) is 0 Å². The van der Waals surface area contributed by atoms with Crippen molar-refractivity contribution < 1.29 is 8.78 Å². The molecule has 0 radical (unpaired) electrons. The fraction of sp³-hybridized carbons (Fsp3) is 0.0769. The number of hydrogen-bond donors (Lipinski definition) is 2. The predicted molar refractivity (Wildman–Crippen MR) is 82.4 cm³/mol. The minimum Gasteiger partial charge on any atom is -0.271 e. The number of rotatable bonds is 3. The van der Waals surface area contributed by atoms with Gasteiger partial charge in [0.05, 0.1) is 10.5 Å². The Morgan fingerprint density at radius 3 is 2.45 bits per heavy atom. The standard InChI is InChI=1S/C13H9Br2ClF2N2/c14-7-3-6(4-8(16)5-7)13(20-19)11-10(17)2-1-9(15)12(11)18/h1-5,13,20H,19H2. The molecule has 1 atom stereocenters. The van der Waals surface area contributed by atoms with Crippen LogP contribution in [0.15, 0.2) is 39.3 Å². The van der Waals surface area contributed by atoms with Gasteiger partial charge in [-0.15, -0.1) is 0 Å². The number of hydrogen-bond acceptors (Lipinski definition) is 2. The van der Waals surface area contributed by atoms with Crippen molar-refractivity contribution in [2.45, 2.75) is 6.04 Å². The molecule has 0 aliphatic rings. The largest absolute Gasteiger partial charge is 0.271 e. The molecule has 0 aliphatic heterocycles. The van der Waals surface area contributed by atoms with E-state index in [4.69, 9.17) is 17.4 Å². The highest BCUT2D eigenvalue weighted by molar-refractivity contribution is 9.10. The van der Waals surface area contributed by atoms with Crippen LogP contribution in [0, 0.1) is 11.6 Å². The van der Waals surface area contributed by atoms with E-state index in [1.54, 1.807) is 18.2 Å². The van der Waals surface area contributed by atoms with Crippen molar-refractivity contribution in [3.63, 3.8) is 0 Å². The Labute approximate surface area is 136 Å². The number of hydrazine groups is 1. The van der Waals surface area contributed by atoms with E-state index in [2.05, 4.69) is 37.3 Å². The number of halogens is 5. The summed E-state index contributed by atoms with van der Waals surface area (Å²) < 4.78 is 29.0. The third kappa shape index (κ3) is 3.20. The monoisotopic (exact) mass is 424 g/mol. The Balaban J connectivity index is 2.61. The second-order valence-electron chi connectivity index (χ2n) is 4.06. The van der Waals surface area contributed by atoms with Crippen LogP contribution in [0.4, 0.5) is 8.78 Å². The van der Waals surface area contributed by atoms with E-state index in [-0.39, 0.29) is 10.0 Å². The van der Waals surface area contributed by atoms with Crippen LogP contribution in [0.3, 0.4) is 0 Å². The molecule has 106 valence electrons. The maximum atomic E-state index is 14.2. The Bertz CT molecular complexity index is 632. The summed E-state index contributed by atoms with van der Waals surface area (Å²) in [5.41, 5.74) is 2.79. The van der Waals surface area contributed by atoms with Crippen molar-refractivity contribution >= 4 is 43.5 Å². The average Bonchev–Trinajstić information content (AvgIpc) is 2.38. The molecule has 2 nitrogen and oxygen atoms in total. The SMILES string of the molecule is NNC(c1cc(Cl)cc(Br)c1)c1c(F)ccc(Br)c1F. The van der Waals surface area contributed by atoms with Crippen LogP contribution in [0.2, 0.25) is 5.02 Å². The van der Waals surface area contributed by atoms with E-state index in [1.807, 2.05) is 0 Å². The minimum atomic E-state index is -0.859. The third-order valence-corrected chi connectivity index (χ3v) is 4.04. The molecule has 0 spiro atoms. The maximum Gasteiger partial charge on any atom is 0.145 e. The summed E-state index contributed by atoms with van der Waals surface area (Å²) in [7, 11) is 0. The molecule has 2 aromatic rings. The molecule has 0 heterocycles. The van der Waals surface area contributed by atoms with Crippen LogP contribution < -0.4 is 11.3 Å². The van der Waals surface area contributed by atoms with Crippen LogP contribution in [0.1, 0.15) is 17.2 Å². The zero-order valence-electron chi connectivity index (χ0n) is 9.93. The molecular weight excluding hydrogens is 417 g/mol. The van der Waals surface area contributed by atoms with E-state index >= 15 is 0 Å². The first kappa shape index (κ1) is 15.9. The molecule has 20 heavy (non-hydrogen) atoms. The van der Waals surface area contributed by atoms with Crippen molar-refractivity contribution in [1.82, 2.24) is 5.43 Å². The first-order chi connectivity index (χ1) is 9.43. The fourth-order valence-electron chi connectivity index (χ4n) is 1.90. The first-order valence-corrected chi connectivity index (χ1v) is 7.46. The van der Waals surface area contributed by atoms with Gasteiger partial charge < -0.3 is 0 Å². The molecule has 1 unspecified atom stereocenters. The lowest BCUT2D eigenvalue weighted by Crippen LogP contribution is -2.30. The van der Waals surface area contributed by atoms with Crippen molar-refractivity contribution in [2.75, 3.05) is 0 Å². The van der Waals surface area contributed by atoms with Gasteiger partial charge >= 0.3 is 0 Å². The highest BCUT2D eigenvalue weighted by Crippen LogP contribution is 2.32. The molecule has 2 aromatic carbocycles. The quantitative estimate of drug-likeness (QED) is 0.424. The van der Waals surface area contributed by atoms with Gasteiger partial charge in [-0.25, -0.2) is 14.2 Å². The normalized spacial score (nSPS) is 12.5. The average molecular weight is 426 g/mol. The first-order valence-electron chi connectivity index (χ1n) is 5.49.